The number of halogens is 3. The Kier molecular flexibility index (Phi) is 318. The first-order valence-corrected chi connectivity index (χ1v) is 0. The van der Waals surface area contributed by atoms with Crippen LogP contribution in [0.1, 0.15) is 0 Å². The predicted molar refractivity (Wildman–Crippen MR) is 3.61 cm³/mol. The summed E-state index contributed by atoms with van der Waals surface area (Å²) in [6, 6.07) is 0. The van der Waals surface area contributed by atoms with E-state index in [0.717, 1.165) is 0 Å². The van der Waals surface area contributed by atoms with Gasteiger partial charge in [-0.3, -0.25) is 0 Å². The molecule has 0 aromatic heterocycles. The van der Waals surface area contributed by atoms with E-state index in [4.69, 9.17) is 0 Å². The largest absolute Gasteiger partial charge is 3.00 e. The van der Waals surface area contributed by atoms with Crippen molar-refractivity contribution >= 4 is 0 Å². The normalized spacial score (nSPS) is 0. The summed E-state index contributed by atoms with van der Waals surface area (Å²) in [7, 11) is 0. The van der Waals surface area contributed by atoms with E-state index in [2.05, 4.69) is 0 Å². The first kappa shape index (κ1) is 50.6. The van der Waals surface area contributed by atoms with E-state index in [1.165, 1.54) is 0 Å². The summed E-state index contributed by atoms with van der Waals surface area (Å²) in [5, 5.41) is 0. The van der Waals surface area contributed by atoms with Gasteiger partial charge in [-0.1, -0.05) is 0 Å². The zero-order chi connectivity index (χ0) is 0. The summed E-state index contributed by atoms with van der Waals surface area (Å²) in [6.45, 7) is 0. The molecule has 0 aliphatic rings. The van der Waals surface area contributed by atoms with Crippen molar-refractivity contribution in [1.82, 2.24) is 0 Å². The second-order valence-electron chi connectivity index (χ2n) is 0. The summed E-state index contributed by atoms with van der Waals surface area (Å²) >= 11 is 0. The van der Waals surface area contributed by atoms with Gasteiger partial charge in [0.05, 0.1) is 0 Å². The average molecular weight is 347 g/mol. The van der Waals surface area contributed by atoms with Gasteiger partial charge >= 0.3 is 32.7 Å². The fourth-order valence-electron chi connectivity index (χ4n) is 0. The monoisotopic (exact) mass is 344 g/mol. The van der Waals surface area contributed by atoms with E-state index < -0.39 is 0 Å². The Morgan fingerprint density at radius 2 is 0.600 bits per heavy atom. The molecule has 0 atom stereocenters. The minimum absolute atomic E-state index is 0. The summed E-state index contributed by atoms with van der Waals surface area (Å²) in [4.78, 5) is 0. The molecular weight excluding hydrogens is 345 g/mol. The minimum atomic E-state index is 0. The third-order valence-electron chi connectivity index (χ3n) is 0. The smallest absolute Gasteiger partial charge is 1.00 e. The zero-order valence-electron chi connectivity index (χ0n) is 2.21. The molecule has 0 heterocycles. The summed E-state index contributed by atoms with van der Waals surface area (Å²) in [6.07, 6.45) is 0. The predicted octanol–water partition coefficient (Wildman–Crippen LogP) is -9.82. The number of rotatable bonds is 0. The molecule has 0 saturated heterocycles. The van der Waals surface area contributed by atoms with Crippen LogP contribution in [0.3, 0.4) is 0 Å². The molecule has 32 valence electrons. The van der Waals surface area contributed by atoms with Gasteiger partial charge in [0.15, 0.2) is 0 Å². The topological polar surface area (TPSA) is 31.5 Å². The van der Waals surface area contributed by atoms with Gasteiger partial charge in [0.2, 0.25) is 0 Å². The second kappa shape index (κ2) is 31.4. The van der Waals surface area contributed by atoms with Gasteiger partial charge < -0.3 is 56.4 Å². The third-order valence-corrected chi connectivity index (χ3v) is 0. The van der Waals surface area contributed by atoms with Gasteiger partial charge in [-0.15, -0.1) is 0 Å². The zero-order valence-corrected chi connectivity index (χ0v) is 9.81. The number of hydrogen-bond acceptors (Lipinski definition) is 0. The average Bonchev–Trinajstić information content (AvgIpc) is 0. The molecule has 0 radical (unpaired) electrons. The van der Waals surface area contributed by atoms with Crippen molar-refractivity contribution in [2.75, 3.05) is 0 Å². The van der Waals surface area contributed by atoms with Gasteiger partial charge in [0, 0.05) is 0 Å². The first-order valence-electron chi connectivity index (χ1n) is 0. The van der Waals surface area contributed by atoms with Crippen molar-refractivity contribution in [3.63, 3.8) is 0 Å². The maximum Gasteiger partial charge on any atom is 3.00 e. The molecule has 0 aromatic carbocycles. The Balaban J connectivity index is 0. The molecule has 0 amide bonds. The van der Waals surface area contributed by atoms with E-state index >= 15 is 0 Å². The summed E-state index contributed by atoms with van der Waals surface area (Å²) < 4.78 is 0. The fourth-order valence-corrected chi connectivity index (χ4v) is 0. The standard InChI is InChI=1S/3BrH.H2O.Y/h3*1H;1H2;/q;;;;+3/p-3. The molecule has 2 N–H and O–H groups in total. The summed E-state index contributed by atoms with van der Waals surface area (Å²) in [5.41, 5.74) is 0. The molecule has 0 rings (SSSR count). The van der Waals surface area contributed by atoms with E-state index in [1.54, 1.807) is 0 Å². The second-order valence-corrected chi connectivity index (χ2v) is 0. The van der Waals surface area contributed by atoms with Crippen LogP contribution in [0.5, 0.6) is 0 Å². The Morgan fingerprint density at radius 3 is 0.600 bits per heavy atom. The molecular formula is H2Br3OY. The molecule has 0 saturated carbocycles. The molecule has 0 bridgehead atoms. The quantitative estimate of drug-likeness (QED) is 0.417. The van der Waals surface area contributed by atoms with Crippen LogP contribution < -0.4 is 50.9 Å². The van der Waals surface area contributed by atoms with Crippen LogP contribution >= 0.6 is 0 Å². The molecule has 0 fully saturated rings. The number of hydrogen-bond donors (Lipinski definition) is 0. The van der Waals surface area contributed by atoms with Crippen molar-refractivity contribution in [3.8, 4) is 0 Å². The Labute approximate surface area is 87.8 Å². The van der Waals surface area contributed by atoms with Crippen LogP contribution in [0, 0.1) is 0 Å². The van der Waals surface area contributed by atoms with Crippen LogP contribution in [0.4, 0.5) is 0 Å². The molecule has 0 unspecified atom stereocenters. The first-order chi connectivity index (χ1) is 0. The van der Waals surface area contributed by atoms with Crippen LogP contribution in [0.25, 0.3) is 0 Å². The van der Waals surface area contributed by atoms with Crippen LogP contribution in [0.15, 0.2) is 0 Å². The van der Waals surface area contributed by atoms with Crippen LogP contribution in [-0.2, 0) is 32.7 Å². The van der Waals surface area contributed by atoms with E-state index in [-0.39, 0.29) is 89.1 Å². The molecule has 5 heteroatoms. The van der Waals surface area contributed by atoms with Gasteiger partial charge in [0.1, 0.15) is 0 Å². The van der Waals surface area contributed by atoms with Gasteiger partial charge in [-0.2, -0.15) is 0 Å². The minimum Gasteiger partial charge on any atom is -1.00 e. The molecule has 1 nitrogen and oxygen atoms in total. The van der Waals surface area contributed by atoms with Gasteiger partial charge in [-0.25, -0.2) is 0 Å². The molecule has 5 heavy (non-hydrogen) atoms. The van der Waals surface area contributed by atoms with Crippen molar-refractivity contribution in [2.45, 2.75) is 0 Å². The van der Waals surface area contributed by atoms with Crippen LogP contribution in [0.2, 0.25) is 0 Å². The van der Waals surface area contributed by atoms with Crippen molar-refractivity contribution < 1.29 is 89.1 Å². The van der Waals surface area contributed by atoms with E-state index in [1.807, 2.05) is 0 Å². The molecule has 0 aliphatic heterocycles. The molecule has 0 spiro atoms. The fraction of sp³-hybridized carbons (Fsp3) is 0. The van der Waals surface area contributed by atoms with E-state index in [9.17, 15) is 0 Å². The van der Waals surface area contributed by atoms with Crippen LogP contribution in [-0.4, -0.2) is 5.48 Å². The van der Waals surface area contributed by atoms with Crippen molar-refractivity contribution in [3.05, 3.63) is 0 Å². The van der Waals surface area contributed by atoms with Gasteiger partial charge in [-0.05, 0) is 0 Å². The Morgan fingerprint density at radius 1 is 0.600 bits per heavy atom. The molecule has 0 aliphatic carbocycles. The molecule has 0 aromatic rings. The van der Waals surface area contributed by atoms with Crippen molar-refractivity contribution in [2.24, 2.45) is 0 Å². The maximum atomic E-state index is 0. The maximum absolute atomic E-state index is 0. The van der Waals surface area contributed by atoms with Crippen molar-refractivity contribution in [1.29, 1.82) is 0 Å². The third kappa shape index (κ3) is 21.0. The Bertz CT molecular complexity index is 6.85. The van der Waals surface area contributed by atoms with E-state index in [0.29, 0.717) is 0 Å². The van der Waals surface area contributed by atoms with Gasteiger partial charge in [0.25, 0.3) is 0 Å². The SMILES string of the molecule is O.[Br-].[Br-].[Br-].[Y+3]. The Hall–Kier alpha value is 2.50. The summed E-state index contributed by atoms with van der Waals surface area (Å²) in [5.74, 6) is 0.